The molecule has 2 aromatic rings. The molecule has 0 aliphatic carbocycles. The van der Waals surface area contributed by atoms with Crippen LogP contribution in [0.25, 0.3) is 0 Å². The molecule has 3 rings (SSSR count). The zero-order chi connectivity index (χ0) is 15.4. The molecule has 0 unspecified atom stereocenters. The van der Waals surface area contributed by atoms with Crippen LogP contribution in [0.3, 0.4) is 0 Å². The second-order valence-electron chi connectivity index (χ2n) is 5.97. The van der Waals surface area contributed by atoms with Gasteiger partial charge in [0, 0.05) is 26.2 Å². The number of nitrogens with one attached hydrogen (secondary N) is 1. The Bertz CT molecular complexity index is 622. The Kier molecular flexibility index (Phi) is 4.86. The minimum atomic E-state index is -0.162. The summed E-state index contributed by atoms with van der Waals surface area (Å²) in [6.07, 6.45) is 0.971. The zero-order valence-electron chi connectivity index (χ0n) is 13.1. The Labute approximate surface area is 132 Å². The summed E-state index contributed by atoms with van der Waals surface area (Å²) < 4.78 is 12.9. The number of rotatable bonds is 6. The summed E-state index contributed by atoms with van der Waals surface area (Å²) in [6, 6.07) is 13.7. The number of hydrogen-bond donors (Lipinski definition) is 1. The molecule has 0 fully saturated rings. The second kappa shape index (κ2) is 7.03. The Morgan fingerprint density at radius 2 is 1.73 bits per heavy atom. The standard InChI is InChI=1S/C19H23FN2/c1-2-21-12-16-3-6-17-13-22(14-18(17)11-16)10-9-15-4-7-19(20)8-5-15/h3-8,11,21H,2,9-10,12-14H2,1H3. The van der Waals surface area contributed by atoms with E-state index in [2.05, 4.69) is 35.3 Å². The van der Waals surface area contributed by atoms with E-state index in [-0.39, 0.29) is 5.82 Å². The lowest BCUT2D eigenvalue weighted by atomic mass is 10.1. The fourth-order valence-corrected chi connectivity index (χ4v) is 2.99. The van der Waals surface area contributed by atoms with Crippen LogP contribution in [-0.2, 0) is 26.1 Å². The van der Waals surface area contributed by atoms with E-state index in [9.17, 15) is 4.39 Å². The van der Waals surface area contributed by atoms with Gasteiger partial charge >= 0.3 is 0 Å². The lowest BCUT2D eigenvalue weighted by molar-refractivity contribution is 0.288. The number of hydrogen-bond acceptors (Lipinski definition) is 2. The monoisotopic (exact) mass is 298 g/mol. The van der Waals surface area contributed by atoms with E-state index in [0.717, 1.165) is 39.1 Å². The molecule has 0 aromatic heterocycles. The van der Waals surface area contributed by atoms with Crippen LogP contribution < -0.4 is 5.32 Å². The van der Waals surface area contributed by atoms with Gasteiger partial charge in [-0.05, 0) is 47.4 Å². The van der Waals surface area contributed by atoms with Crippen LogP contribution in [-0.4, -0.2) is 18.0 Å². The molecule has 0 amide bonds. The number of fused-ring (bicyclic) bond motifs is 1. The summed E-state index contributed by atoms with van der Waals surface area (Å²) in [5, 5.41) is 3.37. The fourth-order valence-electron chi connectivity index (χ4n) is 2.99. The fraction of sp³-hybridized carbons (Fsp3) is 0.368. The van der Waals surface area contributed by atoms with Crippen molar-refractivity contribution in [2.45, 2.75) is 33.0 Å². The summed E-state index contributed by atoms with van der Waals surface area (Å²) in [7, 11) is 0. The van der Waals surface area contributed by atoms with Crippen molar-refractivity contribution in [2.24, 2.45) is 0 Å². The molecule has 1 heterocycles. The highest BCUT2D eigenvalue weighted by Crippen LogP contribution is 2.24. The minimum Gasteiger partial charge on any atom is -0.313 e. The molecule has 0 saturated heterocycles. The topological polar surface area (TPSA) is 15.3 Å². The summed E-state index contributed by atoms with van der Waals surface area (Å²) in [6.45, 7) is 7.14. The molecular weight excluding hydrogens is 275 g/mol. The average Bonchev–Trinajstić information content (AvgIpc) is 2.94. The number of halogens is 1. The van der Waals surface area contributed by atoms with Crippen molar-refractivity contribution in [2.75, 3.05) is 13.1 Å². The van der Waals surface area contributed by atoms with Crippen LogP contribution in [0.15, 0.2) is 42.5 Å². The maximum absolute atomic E-state index is 12.9. The molecule has 1 aliphatic rings. The van der Waals surface area contributed by atoms with Gasteiger partial charge in [0.2, 0.25) is 0 Å². The first-order valence-electron chi connectivity index (χ1n) is 8.03. The van der Waals surface area contributed by atoms with Crippen molar-refractivity contribution in [3.8, 4) is 0 Å². The van der Waals surface area contributed by atoms with Gasteiger partial charge in [0.1, 0.15) is 5.82 Å². The second-order valence-corrected chi connectivity index (χ2v) is 5.97. The molecule has 1 aliphatic heterocycles. The van der Waals surface area contributed by atoms with Gasteiger partial charge in [-0.25, -0.2) is 4.39 Å². The summed E-state index contributed by atoms with van der Waals surface area (Å²) >= 11 is 0. The number of benzene rings is 2. The molecule has 0 spiro atoms. The highest BCUT2D eigenvalue weighted by molar-refractivity contribution is 5.34. The quantitative estimate of drug-likeness (QED) is 0.878. The van der Waals surface area contributed by atoms with Gasteiger partial charge in [-0.15, -0.1) is 0 Å². The van der Waals surface area contributed by atoms with Gasteiger partial charge in [-0.1, -0.05) is 37.3 Å². The smallest absolute Gasteiger partial charge is 0.123 e. The normalized spacial score (nSPS) is 14.3. The van der Waals surface area contributed by atoms with Gasteiger partial charge in [0.25, 0.3) is 0 Å². The maximum atomic E-state index is 12.9. The van der Waals surface area contributed by atoms with Crippen LogP contribution >= 0.6 is 0 Å². The SMILES string of the molecule is CCNCc1ccc2c(c1)CN(CCc1ccc(F)cc1)C2. The average molecular weight is 298 g/mol. The summed E-state index contributed by atoms with van der Waals surface area (Å²) in [5.74, 6) is -0.162. The van der Waals surface area contributed by atoms with Crippen LogP contribution in [0.1, 0.15) is 29.2 Å². The van der Waals surface area contributed by atoms with Gasteiger partial charge in [0.05, 0.1) is 0 Å². The Balaban J connectivity index is 1.56. The molecule has 2 nitrogen and oxygen atoms in total. The van der Waals surface area contributed by atoms with Crippen molar-refractivity contribution in [3.05, 3.63) is 70.5 Å². The van der Waals surface area contributed by atoms with E-state index in [0.29, 0.717) is 0 Å². The molecule has 116 valence electrons. The molecule has 0 atom stereocenters. The highest BCUT2D eigenvalue weighted by atomic mass is 19.1. The zero-order valence-corrected chi connectivity index (χ0v) is 13.1. The Morgan fingerprint density at radius 1 is 1.00 bits per heavy atom. The molecule has 22 heavy (non-hydrogen) atoms. The van der Waals surface area contributed by atoms with Crippen molar-refractivity contribution < 1.29 is 4.39 Å². The first-order chi connectivity index (χ1) is 10.7. The predicted octanol–water partition coefficient (Wildman–Crippen LogP) is 3.49. The largest absolute Gasteiger partial charge is 0.313 e. The molecule has 3 heteroatoms. The maximum Gasteiger partial charge on any atom is 0.123 e. The van der Waals surface area contributed by atoms with E-state index in [1.807, 2.05) is 12.1 Å². The van der Waals surface area contributed by atoms with Gasteiger partial charge in [-0.3, -0.25) is 4.90 Å². The molecule has 0 bridgehead atoms. The van der Waals surface area contributed by atoms with E-state index in [1.54, 1.807) is 12.1 Å². The Hall–Kier alpha value is -1.71. The summed E-state index contributed by atoms with van der Waals surface area (Å²) in [5.41, 5.74) is 5.46. The van der Waals surface area contributed by atoms with Crippen LogP contribution in [0.2, 0.25) is 0 Å². The van der Waals surface area contributed by atoms with Crippen LogP contribution in [0.5, 0.6) is 0 Å². The molecular formula is C19H23FN2. The molecule has 2 aromatic carbocycles. The van der Waals surface area contributed by atoms with Gasteiger partial charge < -0.3 is 5.32 Å². The van der Waals surface area contributed by atoms with Gasteiger partial charge in [-0.2, -0.15) is 0 Å². The third kappa shape index (κ3) is 3.73. The van der Waals surface area contributed by atoms with E-state index >= 15 is 0 Å². The first kappa shape index (κ1) is 15.2. The van der Waals surface area contributed by atoms with Gasteiger partial charge in [0.15, 0.2) is 0 Å². The Morgan fingerprint density at radius 3 is 2.50 bits per heavy atom. The molecule has 0 saturated carbocycles. The van der Waals surface area contributed by atoms with Crippen LogP contribution in [0, 0.1) is 5.82 Å². The predicted molar refractivity (Wildman–Crippen MR) is 88.0 cm³/mol. The van der Waals surface area contributed by atoms with Crippen molar-refractivity contribution in [1.82, 2.24) is 10.2 Å². The van der Waals surface area contributed by atoms with Crippen molar-refractivity contribution in [1.29, 1.82) is 0 Å². The lowest BCUT2D eigenvalue weighted by Gasteiger charge is -2.14. The van der Waals surface area contributed by atoms with Crippen LogP contribution in [0.4, 0.5) is 4.39 Å². The third-order valence-corrected chi connectivity index (χ3v) is 4.27. The minimum absolute atomic E-state index is 0.162. The van der Waals surface area contributed by atoms with E-state index in [4.69, 9.17) is 0 Å². The van der Waals surface area contributed by atoms with E-state index < -0.39 is 0 Å². The third-order valence-electron chi connectivity index (χ3n) is 4.27. The highest BCUT2D eigenvalue weighted by Gasteiger charge is 2.18. The van der Waals surface area contributed by atoms with Crippen molar-refractivity contribution in [3.63, 3.8) is 0 Å². The number of nitrogens with zero attached hydrogens (tertiary/aromatic N) is 1. The lowest BCUT2D eigenvalue weighted by Crippen LogP contribution is -2.19. The van der Waals surface area contributed by atoms with E-state index in [1.165, 1.54) is 22.3 Å². The van der Waals surface area contributed by atoms with Crippen molar-refractivity contribution >= 4 is 0 Å². The molecule has 1 N–H and O–H groups in total. The summed E-state index contributed by atoms with van der Waals surface area (Å²) in [4.78, 5) is 2.46. The first-order valence-corrected chi connectivity index (χ1v) is 8.03. The molecule has 0 radical (unpaired) electrons.